The molecule has 3 nitrogen and oxygen atoms in total. The molecule has 0 bridgehead atoms. The third-order valence-corrected chi connectivity index (χ3v) is 2.47. The van der Waals surface area contributed by atoms with E-state index in [1.165, 1.54) is 12.1 Å². The van der Waals surface area contributed by atoms with Gasteiger partial charge < -0.3 is 15.8 Å². The number of ether oxygens (including phenoxy) is 1. The molecular formula is C14H14F2N2O. The Hall–Kier alpha value is -2.30. The molecule has 19 heavy (non-hydrogen) atoms. The van der Waals surface area contributed by atoms with Crippen LogP contribution in [0.25, 0.3) is 0 Å². The molecule has 2 aromatic rings. The summed E-state index contributed by atoms with van der Waals surface area (Å²) in [4.78, 5) is 0. The minimum Gasteiger partial charge on any atom is -0.494 e. The molecule has 0 fully saturated rings. The second-order valence-electron chi connectivity index (χ2n) is 3.95. The van der Waals surface area contributed by atoms with Gasteiger partial charge in [-0.05, 0) is 25.1 Å². The van der Waals surface area contributed by atoms with Crippen molar-refractivity contribution >= 4 is 17.1 Å². The first-order valence-electron chi connectivity index (χ1n) is 5.84. The van der Waals surface area contributed by atoms with E-state index in [0.717, 1.165) is 6.07 Å². The van der Waals surface area contributed by atoms with E-state index in [1.54, 1.807) is 18.2 Å². The Kier molecular flexibility index (Phi) is 3.85. The number of hydrogen-bond donors (Lipinski definition) is 2. The van der Waals surface area contributed by atoms with E-state index in [4.69, 9.17) is 10.5 Å². The lowest BCUT2D eigenvalue weighted by Gasteiger charge is -2.11. The van der Waals surface area contributed by atoms with E-state index >= 15 is 0 Å². The summed E-state index contributed by atoms with van der Waals surface area (Å²) in [6.07, 6.45) is 0. The maximum atomic E-state index is 13.5. The summed E-state index contributed by atoms with van der Waals surface area (Å²) in [6, 6.07) is 8.89. The second kappa shape index (κ2) is 5.56. The van der Waals surface area contributed by atoms with Crippen LogP contribution in [0.2, 0.25) is 0 Å². The van der Waals surface area contributed by atoms with Crippen molar-refractivity contribution in [2.75, 3.05) is 17.7 Å². The molecule has 100 valence electrons. The van der Waals surface area contributed by atoms with Crippen LogP contribution in [0.3, 0.4) is 0 Å². The molecule has 0 unspecified atom stereocenters. The fourth-order valence-corrected chi connectivity index (χ4v) is 1.70. The quantitative estimate of drug-likeness (QED) is 0.828. The SMILES string of the molecule is CCOc1cc(N)cc(Nc2cccc(F)c2F)c1. The third kappa shape index (κ3) is 3.13. The topological polar surface area (TPSA) is 47.3 Å². The van der Waals surface area contributed by atoms with Crippen LogP contribution in [0.5, 0.6) is 5.75 Å². The summed E-state index contributed by atoms with van der Waals surface area (Å²) < 4.78 is 32.0. The number of nitrogens with one attached hydrogen (secondary N) is 1. The highest BCUT2D eigenvalue weighted by Crippen LogP contribution is 2.27. The number of nitrogens with two attached hydrogens (primary N) is 1. The van der Waals surface area contributed by atoms with E-state index in [-0.39, 0.29) is 5.69 Å². The Morgan fingerprint density at radius 3 is 2.74 bits per heavy atom. The molecule has 0 aliphatic carbocycles. The molecule has 0 aliphatic heterocycles. The maximum Gasteiger partial charge on any atom is 0.182 e. The van der Waals surface area contributed by atoms with E-state index in [0.29, 0.717) is 23.7 Å². The van der Waals surface area contributed by atoms with Crippen LogP contribution in [0.4, 0.5) is 25.8 Å². The van der Waals surface area contributed by atoms with Crippen LogP contribution >= 0.6 is 0 Å². The van der Waals surface area contributed by atoms with Gasteiger partial charge in [-0.25, -0.2) is 8.78 Å². The van der Waals surface area contributed by atoms with E-state index in [1.807, 2.05) is 6.92 Å². The molecule has 0 aliphatic rings. The molecule has 3 N–H and O–H groups in total. The Morgan fingerprint density at radius 1 is 1.21 bits per heavy atom. The summed E-state index contributed by atoms with van der Waals surface area (Å²) in [5, 5.41) is 2.78. The van der Waals surface area contributed by atoms with Gasteiger partial charge >= 0.3 is 0 Å². The lowest BCUT2D eigenvalue weighted by Crippen LogP contribution is -1.99. The van der Waals surface area contributed by atoms with Gasteiger partial charge in [0.05, 0.1) is 12.3 Å². The molecule has 0 saturated carbocycles. The van der Waals surface area contributed by atoms with Gasteiger partial charge in [0.2, 0.25) is 0 Å². The van der Waals surface area contributed by atoms with Gasteiger partial charge in [0.25, 0.3) is 0 Å². The minimum absolute atomic E-state index is 0.0491. The average Bonchev–Trinajstić information content (AvgIpc) is 2.35. The fourth-order valence-electron chi connectivity index (χ4n) is 1.70. The number of halogens is 2. The molecular weight excluding hydrogens is 250 g/mol. The van der Waals surface area contributed by atoms with Crippen LogP contribution in [0.15, 0.2) is 36.4 Å². The van der Waals surface area contributed by atoms with Crippen LogP contribution in [-0.4, -0.2) is 6.61 Å². The average molecular weight is 264 g/mol. The van der Waals surface area contributed by atoms with Gasteiger partial charge in [-0.15, -0.1) is 0 Å². The summed E-state index contributed by atoms with van der Waals surface area (Å²) in [5.41, 5.74) is 6.78. The van der Waals surface area contributed by atoms with Gasteiger partial charge in [-0.3, -0.25) is 0 Å². The van der Waals surface area contributed by atoms with Crippen molar-refractivity contribution in [2.24, 2.45) is 0 Å². The number of rotatable bonds is 4. The summed E-state index contributed by atoms with van der Waals surface area (Å²) in [5.74, 6) is -1.26. The zero-order valence-electron chi connectivity index (χ0n) is 10.4. The van der Waals surface area contributed by atoms with Crippen LogP contribution in [0, 0.1) is 11.6 Å². The first-order valence-corrected chi connectivity index (χ1v) is 5.84. The summed E-state index contributed by atoms with van der Waals surface area (Å²) in [6.45, 7) is 2.35. The molecule has 0 heterocycles. The zero-order valence-corrected chi connectivity index (χ0v) is 10.4. The third-order valence-electron chi connectivity index (χ3n) is 2.47. The molecule has 2 rings (SSSR count). The normalized spacial score (nSPS) is 10.3. The standard InChI is InChI=1S/C14H14F2N2O/c1-2-19-11-7-9(17)6-10(8-11)18-13-5-3-4-12(15)14(13)16/h3-8,18H,2,17H2,1H3. The van der Waals surface area contributed by atoms with Crippen molar-refractivity contribution in [3.63, 3.8) is 0 Å². The zero-order chi connectivity index (χ0) is 13.8. The Morgan fingerprint density at radius 2 is 2.00 bits per heavy atom. The number of nitrogen functional groups attached to an aromatic ring is 1. The molecule has 0 radical (unpaired) electrons. The molecule has 0 aromatic heterocycles. The molecule has 5 heteroatoms. The minimum atomic E-state index is -0.928. The van der Waals surface area contributed by atoms with E-state index < -0.39 is 11.6 Å². The van der Waals surface area contributed by atoms with Crippen LogP contribution < -0.4 is 15.8 Å². The van der Waals surface area contributed by atoms with Crippen molar-refractivity contribution in [1.82, 2.24) is 0 Å². The number of hydrogen-bond acceptors (Lipinski definition) is 3. The fraction of sp³-hybridized carbons (Fsp3) is 0.143. The molecule has 0 saturated heterocycles. The Bertz CT molecular complexity index is 588. The lowest BCUT2D eigenvalue weighted by atomic mass is 10.2. The van der Waals surface area contributed by atoms with Crippen LogP contribution in [0.1, 0.15) is 6.92 Å². The number of anilines is 3. The monoisotopic (exact) mass is 264 g/mol. The predicted octanol–water partition coefficient (Wildman–Crippen LogP) is 3.69. The Balaban J connectivity index is 2.30. The lowest BCUT2D eigenvalue weighted by molar-refractivity contribution is 0.340. The van der Waals surface area contributed by atoms with Crippen molar-refractivity contribution in [1.29, 1.82) is 0 Å². The molecule has 2 aromatic carbocycles. The van der Waals surface area contributed by atoms with E-state index in [9.17, 15) is 8.78 Å². The largest absolute Gasteiger partial charge is 0.494 e. The Labute approximate surface area is 110 Å². The second-order valence-corrected chi connectivity index (χ2v) is 3.95. The summed E-state index contributed by atoms with van der Waals surface area (Å²) in [7, 11) is 0. The van der Waals surface area contributed by atoms with Crippen molar-refractivity contribution in [2.45, 2.75) is 6.92 Å². The smallest absolute Gasteiger partial charge is 0.182 e. The van der Waals surface area contributed by atoms with Crippen LogP contribution in [-0.2, 0) is 0 Å². The molecule has 0 spiro atoms. The van der Waals surface area contributed by atoms with Crippen molar-refractivity contribution < 1.29 is 13.5 Å². The van der Waals surface area contributed by atoms with Crippen molar-refractivity contribution in [3.05, 3.63) is 48.0 Å². The first-order chi connectivity index (χ1) is 9.10. The maximum absolute atomic E-state index is 13.5. The van der Waals surface area contributed by atoms with E-state index in [2.05, 4.69) is 5.32 Å². The van der Waals surface area contributed by atoms with Gasteiger partial charge in [-0.2, -0.15) is 0 Å². The predicted molar refractivity (Wildman–Crippen MR) is 71.7 cm³/mol. The van der Waals surface area contributed by atoms with Gasteiger partial charge in [-0.1, -0.05) is 6.07 Å². The number of benzene rings is 2. The van der Waals surface area contributed by atoms with Gasteiger partial charge in [0.15, 0.2) is 11.6 Å². The molecule has 0 amide bonds. The van der Waals surface area contributed by atoms with Gasteiger partial charge in [0, 0.05) is 23.5 Å². The first kappa shape index (κ1) is 13.1. The van der Waals surface area contributed by atoms with Gasteiger partial charge in [0.1, 0.15) is 5.75 Å². The highest BCUT2D eigenvalue weighted by molar-refractivity contribution is 5.66. The molecule has 0 atom stereocenters. The highest BCUT2D eigenvalue weighted by atomic mass is 19.2. The summed E-state index contributed by atoms with van der Waals surface area (Å²) >= 11 is 0. The van der Waals surface area contributed by atoms with Crippen molar-refractivity contribution in [3.8, 4) is 5.75 Å². The highest BCUT2D eigenvalue weighted by Gasteiger charge is 2.08.